The van der Waals surface area contributed by atoms with Crippen LogP contribution in [0.5, 0.6) is 0 Å². The van der Waals surface area contributed by atoms with Crippen molar-refractivity contribution in [1.82, 2.24) is 9.80 Å². The van der Waals surface area contributed by atoms with Crippen molar-refractivity contribution in [3.8, 4) is 0 Å². The molecule has 0 bridgehead atoms. The van der Waals surface area contributed by atoms with Crippen molar-refractivity contribution in [3.05, 3.63) is 36.0 Å². The lowest BCUT2D eigenvalue weighted by molar-refractivity contribution is 0.228. The topological polar surface area (TPSA) is 32.5 Å². The summed E-state index contributed by atoms with van der Waals surface area (Å²) in [5.74, 6) is -0.323. The number of nitrogens with zero attached hydrogens (tertiary/aromatic N) is 2. The van der Waals surface area contributed by atoms with Gasteiger partial charge in [-0.2, -0.15) is 0 Å². The Morgan fingerprint density at radius 2 is 2.05 bits per heavy atom. The molecule has 20 heavy (non-hydrogen) atoms. The zero-order chi connectivity index (χ0) is 15.1. The number of hydrogen-bond donors (Lipinski definition) is 1. The summed E-state index contributed by atoms with van der Waals surface area (Å²) in [5, 5.41) is 0. The van der Waals surface area contributed by atoms with E-state index in [2.05, 4.69) is 18.4 Å². The molecule has 114 valence electrons. The summed E-state index contributed by atoms with van der Waals surface area (Å²) in [6.07, 6.45) is 6.68. The second-order valence-corrected chi connectivity index (χ2v) is 5.54. The summed E-state index contributed by atoms with van der Waals surface area (Å²) in [4.78, 5) is 4.46. The number of nitrogens with two attached hydrogens (primary N) is 1. The summed E-state index contributed by atoms with van der Waals surface area (Å²) in [6, 6.07) is 0.551. The summed E-state index contributed by atoms with van der Waals surface area (Å²) in [6.45, 7) is 10.8. The van der Waals surface area contributed by atoms with Gasteiger partial charge >= 0.3 is 0 Å². The Labute approximate surface area is 122 Å². The van der Waals surface area contributed by atoms with Crippen LogP contribution in [-0.4, -0.2) is 42.5 Å². The number of hydrogen-bond acceptors (Lipinski definition) is 3. The van der Waals surface area contributed by atoms with Crippen molar-refractivity contribution in [2.24, 2.45) is 5.73 Å². The molecule has 0 aromatic carbocycles. The molecule has 1 aliphatic rings. The van der Waals surface area contributed by atoms with Gasteiger partial charge in [0.25, 0.3) is 0 Å². The fraction of sp³-hybridized carbons (Fsp3) is 0.625. The lowest BCUT2D eigenvalue weighted by Gasteiger charge is -2.28. The van der Waals surface area contributed by atoms with Crippen molar-refractivity contribution >= 4 is 0 Å². The largest absolute Gasteiger partial charge is 0.399 e. The first-order valence-corrected chi connectivity index (χ1v) is 7.39. The molecule has 0 aliphatic carbocycles. The van der Waals surface area contributed by atoms with E-state index in [-0.39, 0.29) is 11.5 Å². The number of likely N-dealkylation sites (N-methyl/N-ethyl adjacent to an activating group) is 1. The van der Waals surface area contributed by atoms with Crippen molar-refractivity contribution in [3.63, 3.8) is 0 Å². The van der Waals surface area contributed by atoms with Crippen molar-refractivity contribution < 1.29 is 4.39 Å². The van der Waals surface area contributed by atoms with Crippen LogP contribution >= 0.6 is 0 Å². The van der Waals surface area contributed by atoms with Crippen LogP contribution in [0.3, 0.4) is 0 Å². The molecule has 0 aromatic rings. The van der Waals surface area contributed by atoms with E-state index < -0.39 is 0 Å². The highest BCUT2D eigenvalue weighted by Crippen LogP contribution is 2.19. The smallest absolute Gasteiger partial charge is 0.148 e. The third-order valence-electron chi connectivity index (χ3n) is 3.89. The van der Waals surface area contributed by atoms with Crippen LogP contribution < -0.4 is 5.73 Å². The molecule has 1 heterocycles. The van der Waals surface area contributed by atoms with Gasteiger partial charge in [-0.05, 0) is 52.3 Å². The predicted molar refractivity (Wildman–Crippen MR) is 83.8 cm³/mol. The lowest BCUT2D eigenvalue weighted by Crippen LogP contribution is -2.33. The number of rotatable bonds is 7. The average molecular weight is 281 g/mol. The maximum Gasteiger partial charge on any atom is 0.148 e. The van der Waals surface area contributed by atoms with Crippen LogP contribution in [0.15, 0.2) is 36.0 Å². The highest BCUT2D eigenvalue weighted by molar-refractivity contribution is 5.29. The Morgan fingerprint density at radius 3 is 2.55 bits per heavy atom. The minimum Gasteiger partial charge on any atom is -0.399 e. The van der Waals surface area contributed by atoms with Crippen LogP contribution in [0, 0.1) is 0 Å². The van der Waals surface area contributed by atoms with Gasteiger partial charge in [-0.25, -0.2) is 4.39 Å². The number of likely N-dealkylation sites (tertiary alicyclic amines) is 1. The maximum absolute atomic E-state index is 14.0. The van der Waals surface area contributed by atoms with E-state index >= 15 is 0 Å². The second-order valence-electron chi connectivity index (χ2n) is 5.54. The SMILES string of the molecule is C=C(N)/C=C(F)\C(=C/C)N(C)CCC(C)N1CCCC1. The summed E-state index contributed by atoms with van der Waals surface area (Å²) in [7, 11) is 1.92. The first-order chi connectivity index (χ1) is 9.45. The van der Waals surface area contributed by atoms with E-state index in [1.807, 2.05) is 18.9 Å². The van der Waals surface area contributed by atoms with E-state index in [1.165, 1.54) is 32.0 Å². The minimum atomic E-state index is -0.323. The van der Waals surface area contributed by atoms with Crippen molar-refractivity contribution in [1.29, 1.82) is 0 Å². The molecule has 2 N–H and O–H groups in total. The Balaban J connectivity index is 2.51. The van der Waals surface area contributed by atoms with Gasteiger partial charge < -0.3 is 15.5 Å². The van der Waals surface area contributed by atoms with E-state index in [1.54, 1.807) is 6.08 Å². The van der Waals surface area contributed by atoms with E-state index in [0.717, 1.165) is 13.0 Å². The molecule has 0 saturated carbocycles. The third-order valence-corrected chi connectivity index (χ3v) is 3.89. The van der Waals surface area contributed by atoms with E-state index in [9.17, 15) is 4.39 Å². The van der Waals surface area contributed by atoms with Crippen LogP contribution in [0.1, 0.15) is 33.1 Å². The fourth-order valence-electron chi connectivity index (χ4n) is 2.64. The van der Waals surface area contributed by atoms with E-state index in [4.69, 9.17) is 5.73 Å². The summed E-state index contributed by atoms with van der Waals surface area (Å²) < 4.78 is 14.0. The van der Waals surface area contributed by atoms with Gasteiger partial charge in [0.1, 0.15) is 5.83 Å². The Kier molecular flexibility index (Phi) is 6.79. The zero-order valence-corrected chi connectivity index (χ0v) is 13.0. The Morgan fingerprint density at radius 1 is 1.45 bits per heavy atom. The Hall–Kier alpha value is -1.29. The number of allylic oxidation sites excluding steroid dienone is 3. The molecule has 4 heteroatoms. The van der Waals surface area contributed by atoms with Crippen molar-refractivity contribution in [2.45, 2.75) is 39.2 Å². The molecule has 0 aromatic heterocycles. The predicted octanol–water partition coefficient (Wildman–Crippen LogP) is 3.02. The highest BCUT2D eigenvalue weighted by Gasteiger charge is 2.18. The van der Waals surface area contributed by atoms with Crippen LogP contribution in [0.2, 0.25) is 0 Å². The van der Waals surface area contributed by atoms with Crippen LogP contribution in [-0.2, 0) is 0 Å². The third kappa shape index (κ3) is 5.00. The minimum absolute atomic E-state index is 0.237. The van der Waals surface area contributed by atoms with Crippen LogP contribution in [0.4, 0.5) is 4.39 Å². The van der Waals surface area contributed by atoms with Gasteiger partial charge in [0.2, 0.25) is 0 Å². The van der Waals surface area contributed by atoms with E-state index in [0.29, 0.717) is 11.7 Å². The highest BCUT2D eigenvalue weighted by atomic mass is 19.1. The summed E-state index contributed by atoms with van der Waals surface area (Å²) >= 11 is 0. The molecule has 1 unspecified atom stereocenters. The lowest BCUT2D eigenvalue weighted by atomic mass is 10.2. The molecule has 0 spiro atoms. The van der Waals surface area contributed by atoms with Gasteiger partial charge in [-0.1, -0.05) is 12.7 Å². The monoisotopic (exact) mass is 281 g/mol. The van der Waals surface area contributed by atoms with Gasteiger partial charge in [0.05, 0.1) is 5.70 Å². The maximum atomic E-state index is 14.0. The van der Waals surface area contributed by atoms with Gasteiger partial charge in [0, 0.05) is 25.3 Å². The Bertz CT molecular complexity index is 381. The normalized spacial score (nSPS) is 19.2. The molecular weight excluding hydrogens is 253 g/mol. The second kappa shape index (κ2) is 8.10. The van der Waals surface area contributed by atoms with Crippen LogP contribution in [0.25, 0.3) is 0 Å². The summed E-state index contributed by atoms with van der Waals surface area (Å²) in [5.41, 5.74) is 6.24. The molecule has 1 fully saturated rings. The number of halogens is 1. The zero-order valence-electron chi connectivity index (χ0n) is 13.0. The quantitative estimate of drug-likeness (QED) is 0.728. The molecule has 1 saturated heterocycles. The molecule has 3 nitrogen and oxygen atoms in total. The molecule has 0 amide bonds. The van der Waals surface area contributed by atoms with Crippen molar-refractivity contribution in [2.75, 3.05) is 26.7 Å². The fourth-order valence-corrected chi connectivity index (χ4v) is 2.64. The molecular formula is C16H28FN3. The average Bonchev–Trinajstić information content (AvgIpc) is 2.89. The molecule has 1 rings (SSSR count). The van der Waals surface area contributed by atoms with Gasteiger partial charge in [-0.3, -0.25) is 0 Å². The molecule has 1 aliphatic heterocycles. The first-order valence-electron chi connectivity index (χ1n) is 7.39. The molecule has 1 atom stereocenters. The first kappa shape index (κ1) is 16.8. The molecule has 0 radical (unpaired) electrons. The van der Waals surface area contributed by atoms with Gasteiger partial charge in [-0.15, -0.1) is 0 Å². The van der Waals surface area contributed by atoms with Gasteiger partial charge in [0.15, 0.2) is 0 Å². The standard InChI is InChI=1S/C16H28FN3/c1-5-16(15(17)12-13(2)18)19(4)11-8-14(3)20-9-6-7-10-20/h5,12,14H,2,6-11,18H2,1,3-4H3/b15-12+,16-5+.